The minimum Gasteiger partial charge on any atom is -0.370 e. The van der Waals surface area contributed by atoms with Crippen LogP contribution in [0.25, 0.3) is 5.69 Å². The summed E-state index contributed by atoms with van der Waals surface area (Å²) in [7, 11) is 0. The van der Waals surface area contributed by atoms with E-state index in [1.807, 2.05) is 89.8 Å². The summed E-state index contributed by atoms with van der Waals surface area (Å²) in [5, 5.41) is 5.44. The Labute approximate surface area is 210 Å². The maximum absolute atomic E-state index is 13.6. The Kier molecular flexibility index (Phi) is 7.12. The fourth-order valence-electron chi connectivity index (χ4n) is 4.27. The van der Waals surface area contributed by atoms with Gasteiger partial charge in [0.05, 0.1) is 24.6 Å². The first-order chi connectivity index (χ1) is 17.2. The Balaban J connectivity index is 1.30. The van der Waals surface area contributed by atoms with Gasteiger partial charge in [-0.2, -0.15) is 5.10 Å². The van der Waals surface area contributed by atoms with Gasteiger partial charge in [0.15, 0.2) is 0 Å². The van der Waals surface area contributed by atoms with E-state index in [2.05, 4.69) is 11.0 Å². The Morgan fingerprint density at radius 2 is 1.49 bits per heavy atom. The summed E-state index contributed by atoms with van der Waals surface area (Å²) < 4.78 is 7.62. The molecular formula is C28H27ClN4O2. The molecule has 0 spiro atoms. The highest BCUT2D eigenvalue weighted by molar-refractivity contribution is 6.30. The van der Waals surface area contributed by atoms with Crippen LogP contribution < -0.4 is 4.90 Å². The summed E-state index contributed by atoms with van der Waals surface area (Å²) in [4.78, 5) is 17.7. The second-order valence-corrected chi connectivity index (χ2v) is 8.94. The summed E-state index contributed by atoms with van der Waals surface area (Å²) in [5.41, 5.74) is 4.31. The monoisotopic (exact) mass is 486 g/mol. The van der Waals surface area contributed by atoms with Crippen molar-refractivity contribution in [2.75, 3.05) is 31.1 Å². The summed E-state index contributed by atoms with van der Waals surface area (Å²) in [5.74, 6) is -0.0265. The molecule has 0 unspecified atom stereocenters. The van der Waals surface area contributed by atoms with Crippen molar-refractivity contribution < 1.29 is 9.53 Å². The number of carbonyl (C=O) groups is 1. The number of anilines is 1. The standard InChI is InChI=1S/C28H27ClN4O2/c29-23-10-7-13-26(18-23)31-14-16-32(17-15-31)28(34)27-19-24(21-35-20-22-8-3-1-4-9-22)30-33(27)25-11-5-2-6-12-25/h1-13,18-19H,14-17,20-21H2. The van der Waals surface area contributed by atoms with E-state index >= 15 is 0 Å². The number of carbonyl (C=O) groups excluding carboxylic acids is 1. The lowest BCUT2D eigenvalue weighted by Crippen LogP contribution is -2.49. The highest BCUT2D eigenvalue weighted by Crippen LogP contribution is 2.22. The van der Waals surface area contributed by atoms with Crippen molar-refractivity contribution in [1.29, 1.82) is 0 Å². The molecule has 1 amide bonds. The van der Waals surface area contributed by atoms with Crippen molar-refractivity contribution >= 4 is 23.2 Å². The van der Waals surface area contributed by atoms with E-state index in [1.165, 1.54) is 0 Å². The minimum atomic E-state index is -0.0265. The summed E-state index contributed by atoms with van der Waals surface area (Å²) in [6.07, 6.45) is 0. The van der Waals surface area contributed by atoms with Crippen molar-refractivity contribution in [2.24, 2.45) is 0 Å². The van der Waals surface area contributed by atoms with Gasteiger partial charge >= 0.3 is 0 Å². The first-order valence-electron chi connectivity index (χ1n) is 11.7. The molecule has 0 bridgehead atoms. The number of rotatable bonds is 7. The van der Waals surface area contributed by atoms with Crippen LogP contribution in [0.1, 0.15) is 21.7 Å². The molecule has 1 fully saturated rings. The quantitative estimate of drug-likeness (QED) is 0.360. The van der Waals surface area contributed by atoms with Gasteiger partial charge in [0.2, 0.25) is 0 Å². The van der Waals surface area contributed by atoms with Crippen LogP contribution >= 0.6 is 11.6 Å². The molecule has 1 aromatic heterocycles. The Bertz CT molecular complexity index is 1270. The number of para-hydroxylation sites is 1. The number of benzene rings is 3. The fraction of sp³-hybridized carbons (Fsp3) is 0.214. The fourth-order valence-corrected chi connectivity index (χ4v) is 4.45. The molecule has 3 aromatic carbocycles. The number of nitrogens with zero attached hydrogens (tertiary/aromatic N) is 4. The van der Waals surface area contributed by atoms with Crippen molar-refractivity contribution in [2.45, 2.75) is 13.2 Å². The average Bonchev–Trinajstić information content (AvgIpc) is 3.34. The van der Waals surface area contributed by atoms with Gasteiger partial charge in [-0.15, -0.1) is 0 Å². The predicted octanol–water partition coefficient (Wildman–Crippen LogP) is 5.20. The number of amides is 1. The molecule has 1 aliphatic rings. The Morgan fingerprint density at radius 1 is 0.800 bits per heavy atom. The highest BCUT2D eigenvalue weighted by Gasteiger charge is 2.26. The largest absolute Gasteiger partial charge is 0.370 e. The average molecular weight is 487 g/mol. The van der Waals surface area contributed by atoms with Crippen LogP contribution in [-0.4, -0.2) is 46.8 Å². The smallest absolute Gasteiger partial charge is 0.272 e. The van der Waals surface area contributed by atoms with Gasteiger partial charge in [-0.3, -0.25) is 4.79 Å². The molecule has 178 valence electrons. The SMILES string of the molecule is O=C(c1cc(COCc2ccccc2)nn1-c1ccccc1)N1CCN(c2cccc(Cl)c2)CC1. The molecule has 0 radical (unpaired) electrons. The molecular weight excluding hydrogens is 460 g/mol. The predicted molar refractivity (Wildman–Crippen MR) is 138 cm³/mol. The van der Waals surface area contributed by atoms with Crippen LogP contribution in [0.15, 0.2) is 91.0 Å². The number of halogens is 1. The third kappa shape index (κ3) is 5.56. The lowest BCUT2D eigenvalue weighted by atomic mass is 10.2. The molecule has 7 heteroatoms. The zero-order valence-corrected chi connectivity index (χ0v) is 20.1. The number of hydrogen-bond acceptors (Lipinski definition) is 4. The first-order valence-corrected chi connectivity index (χ1v) is 12.1. The van der Waals surface area contributed by atoms with Crippen LogP contribution in [-0.2, 0) is 18.0 Å². The van der Waals surface area contributed by atoms with E-state index in [0.29, 0.717) is 32.0 Å². The van der Waals surface area contributed by atoms with Gasteiger partial charge in [-0.05, 0) is 42.0 Å². The third-order valence-corrected chi connectivity index (χ3v) is 6.32. The molecule has 0 atom stereocenters. The number of piperazine rings is 1. The number of ether oxygens (including phenoxy) is 1. The maximum Gasteiger partial charge on any atom is 0.272 e. The van der Waals surface area contributed by atoms with Crippen LogP contribution in [0.3, 0.4) is 0 Å². The molecule has 1 aliphatic heterocycles. The number of aromatic nitrogens is 2. The van der Waals surface area contributed by atoms with Crippen molar-refractivity contribution in [3.63, 3.8) is 0 Å². The van der Waals surface area contributed by atoms with Crippen LogP contribution in [0.2, 0.25) is 5.02 Å². The molecule has 6 nitrogen and oxygen atoms in total. The van der Waals surface area contributed by atoms with Gasteiger partial charge in [0.25, 0.3) is 5.91 Å². The van der Waals surface area contributed by atoms with Gasteiger partial charge in [0.1, 0.15) is 5.69 Å². The summed E-state index contributed by atoms with van der Waals surface area (Å²) >= 11 is 6.16. The van der Waals surface area contributed by atoms with Crippen molar-refractivity contribution in [3.05, 3.63) is 113 Å². The highest BCUT2D eigenvalue weighted by atomic mass is 35.5. The molecule has 2 heterocycles. The first kappa shape index (κ1) is 23.1. The third-order valence-electron chi connectivity index (χ3n) is 6.08. The van der Waals surface area contributed by atoms with E-state index in [-0.39, 0.29) is 5.91 Å². The molecule has 4 aromatic rings. The lowest BCUT2D eigenvalue weighted by molar-refractivity contribution is 0.0737. The zero-order valence-electron chi connectivity index (χ0n) is 19.4. The van der Waals surface area contributed by atoms with Gasteiger partial charge in [0, 0.05) is 36.9 Å². The summed E-state index contributed by atoms with van der Waals surface area (Å²) in [6.45, 7) is 3.58. The van der Waals surface area contributed by atoms with Gasteiger partial charge in [-0.25, -0.2) is 4.68 Å². The van der Waals surface area contributed by atoms with E-state index in [1.54, 1.807) is 4.68 Å². The minimum absolute atomic E-state index is 0.0265. The van der Waals surface area contributed by atoms with Crippen molar-refractivity contribution in [3.8, 4) is 5.69 Å². The van der Waals surface area contributed by atoms with E-state index in [0.717, 1.165) is 40.7 Å². The zero-order chi connectivity index (χ0) is 24.0. The van der Waals surface area contributed by atoms with Gasteiger partial charge < -0.3 is 14.5 Å². The lowest BCUT2D eigenvalue weighted by Gasteiger charge is -2.36. The molecule has 0 saturated carbocycles. The van der Waals surface area contributed by atoms with Crippen LogP contribution in [0.5, 0.6) is 0 Å². The number of hydrogen-bond donors (Lipinski definition) is 0. The second-order valence-electron chi connectivity index (χ2n) is 8.51. The van der Waals surface area contributed by atoms with E-state index in [4.69, 9.17) is 21.4 Å². The topological polar surface area (TPSA) is 50.6 Å². The van der Waals surface area contributed by atoms with Crippen LogP contribution in [0.4, 0.5) is 5.69 Å². The Hall–Kier alpha value is -3.61. The van der Waals surface area contributed by atoms with E-state index in [9.17, 15) is 4.79 Å². The second kappa shape index (κ2) is 10.8. The van der Waals surface area contributed by atoms with Gasteiger partial charge in [-0.1, -0.05) is 66.2 Å². The van der Waals surface area contributed by atoms with Crippen molar-refractivity contribution in [1.82, 2.24) is 14.7 Å². The molecule has 1 saturated heterocycles. The van der Waals surface area contributed by atoms with Crippen LogP contribution in [0, 0.1) is 0 Å². The molecule has 0 N–H and O–H groups in total. The van der Waals surface area contributed by atoms with E-state index < -0.39 is 0 Å². The molecule has 35 heavy (non-hydrogen) atoms. The Morgan fingerprint density at radius 3 is 2.20 bits per heavy atom. The molecule has 0 aliphatic carbocycles. The molecule has 5 rings (SSSR count). The maximum atomic E-state index is 13.6. The normalized spacial score (nSPS) is 13.7. The summed E-state index contributed by atoms with van der Waals surface area (Å²) in [6, 6.07) is 29.5.